The first-order valence-electron chi connectivity index (χ1n) is 6.32. The second kappa shape index (κ2) is 5.66. The molecule has 0 unspecified atom stereocenters. The smallest absolute Gasteiger partial charge is 0.278 e. The van der Waals surface area contributed by atoms with Crippen molar-refractivity contribution in [3.63, 3.8) is 0 Å². The van der Waals surface area contributed by atoms with Crippen molar-refractivity contribution in [1.29, 1.82) is 0 Å². The van der Waals surface area contributed by atoms with Gasteiger partial charge in [-0.3, -0.25) is 9.89 Å². The standard InChI is InChI=1S/C14H17BrN4O/c1-7(2)12-11(16)13(19-18-12)14(20)17-9-6-4-5-8(3)10(9)15/h4-7H,16H2,1-3H3,(H,17,20)(H,18,19). The van der Waals surface area contributed by atoms with Crippen molar-refractivity contribution in [3.05, 3.63) is 39.6 Å². The molecule has 4 N–H and O–H groups in total. The van der Waals surface area contributed by atoms with Gasteiger partial charge in [-0.2, -0.15) is 5.10 Å². The number of nitrogen functional groups attached to an aromatic ring is 1. The Balaban J connectivity index is 2.27. The molecule has 106 valence electrons. The van der Waals surface area contributed by atoms with E-state index in [0.717, 1.165) is 15.7 Å². The highest BCUT2D eigenvalue weighted by molar-refractivity contribution is 9.10. The first-order chi connectivity index (χ1) is 9.41. The van der Waals surface area contributed by atoms with Crippen LogP contribution in [0.5, 0.6) is 0 Å². The molecule has 0 atom stereocenters. The lowest BCUT2D eigenvalue weighted by Gasteiger charge is -2.08. The third-order valence-corrected chi connectivity index (χ3v) is 4.12. The van der Waals surface area contributed by atoms with E-state index in [1.807, 2.05) is 39.0 Å². The Morgan fingerprint density at radius 1 is 1.45 bits per heavy atom. The summed E-state index contributed by atoms with van der Waals surface area (Å²) in [7, 11) is 0. The molecule has 1 heterocycles. The van der Waals surface area contributed by atoms with Crippen molar-refractivity contribution < 1.29 is 4.79 Å². The quantitative estimate of drug-likeness (QED) is 0.802. The minimum absolute atomic E-state index is 0.190. The van der Waals surface area contributed by atoms with Crippen molar-refractivity contribution >= 4 is 33.2 Å². The summed E-state index contributed by atoms with van der Waals surface area (Å²) in [5.74, 6) is -0.133. The summed E-state index contributed by atoms with van der Waals surface area (Å²) in [5, 5.41) is 9.64. The zero-order chi connectivity index (χ0) is 14.9. The molecule has 6 heteroatoms. The number of carbonyl (C=O) groups excluding carboxylic acids is 1. The van der Waals surface area contributed by atoms with E-state index in [9.17, 15) is 4.79 Å². The number of nitrogens with two attached hydrogens (primary N) is 1. The van der Waals surface area contributed by atoms with E-state index in [4.69, 9.17) is 5.73 Å². The Bertz CT molecular complexity index is 649. The molecule has 0 spiro atoms. The van der Waals surface area contributed by atoms with E-state index in [1.54, 1.807) is 0 Å². The fraction of sp³-hybridized carbons (Fsp3) is 0.286. The predicted octanol–water partition coefficient (Wildman–Crippen LogP) is 3.44. The van der Waals surface area contributed by atoms with Gasteiger partial charge >= 0.3 is 0 Å². The number of aromatic amines is 1. The summed E-state index contributed by atoms with van der Waals surface area (Å²) >= 11 is 3.45. The molecule has 0 aliphatic heterocycles. The fourth-order valence-electron chi connectivity index (χ4n) is 1.90. The number of amides is 1. The summed E-state index contributed by atoms with van der Waals surface area (Å²) in [6, 6.07) is 5.66. The number of nitrogens with zero attached hydrogens (tertiary/aromatic N) is 1. The number of rotatable bonds is 3. The van der Waals surface area contributed by atoms with Gasteiger partial charge in [-0.25, -0.2) is 0 Å². The van der Waals surface area contributed by atoms with Gasteiger partial charge in [0, 0.05) is 4.47 Å². The largest absolute Gasteiger partial charge is 0.395 e. The summed E-state index contributed by atoms with van der Waals surface area (Å²) in [6.07, 6.45) is 0. The lowest BCUT2D eigenvalue weighted by Crippen LogP contribution is -2.15. The highest BCUT2D eigenvalue weighted by atomic mass is 79.9. The molecule has 1 aromatic carbocycles. The minimum atomic E-state index is -0.322. The topological polar surface area (TPSA) is 83.8 Å². The molecule has 0 saturated heterocycles. The Hall–Kier alpha value is -1.82. The first kappa shape index (κ1) is 14.6. The third kappa shape index (κ3) is 2.70. The monoisotopic (exact) mass is 336 g/mol. The number of benzene rings is 1. The summed E-state index contributed by atoms with van der Waals surface area (Å²) in [5.41, 5.74) is 9.10. The molecular formula is C14H17BrN4O. The van der Waals surface area contributed by atoms with E-state index in [1.165, 1.54) is 0 Å². The molecule has 0 aliphatic carbocycles. The molecule has 0 bridgehead atoms. The number of halogens is 1. The molecule has 0 saturated carbocycles. The third-order valence-electron chi connectivity index (χ3n) is 3.07. The van der Waals surface area contributed by atoms with Crippen molar-refractivity contribution in [2.75, 3.05) is 11.1 Å². The molecule has 0 radical (unpaired) electrons. The lowest BCUT2D eigenvalue weighted by atomic mass is 10.1. The summed E-state index contributed by atoms with van der Waals surface area (Å²) < 4.78 is 0.853. The van der Waals surface area contributed by atoms with Crippen LogP contribution in [0.25, 0.3) is 0 Å². The normalized spacial score (nSPS) is 10.8. The number of aromatic nitrogens is 2. The molecule has 20 heavy (non-hydrogen) atoms. The Labute approximate surface area is 126 Å². The number of hydrogen-bond donors (Lipinski definition) is 3. The molecule has 1 aromatic heterocycles. The van der Waals surface area contributed by atoms with Gasteiger partial charge in [0.05, 0.1) is 17.1 Å². The van der Waals surface area contributed by atoms with E-state index in [-0.39, 0.29) is 17.5 Å². The highest BCUT2D eigenvalue weighted by Gasteiger charge is 2.19. The van der Waals surface area contributed by atoms with Crippen LogP contribution in [-0.4, -0.2) is 16.1 Å². The van der Waals surface area contributed by atoms with Gasteiger partial charge in [-0.15, -0.1) is 0 Å². The van der Waals surface area contributed by atoms with Crippen LogP contribution in [0.4, 0.5) is 11.4 Å². The molecule has 2 rings (SSSR count). The molecule has 1 amide bonds. The lowest BCUT2D eigenvalue weighted by molar-refractivity contribution is 0.102. The number of hydrogen-bond acceptors (Lipinski definition) is 3. The van der Waals surface area contributed by atoms with Gasteiger partial charge in [0.15, 0.2) is 5.69 Å². The van der Waals surface area contributed by atoms with Crippen molar-refractivity contribution in [1.82, 2.24) is 10.2 Å². The van der Waals surface area contributed by atoms with E-state index in [0.29, 0.717) is 11.4 Å². The Kier molecular flexibility index (Phi) is 4.13. The van der Waals surface area contributed by atoms with Crippen LogP contribution in [0.1, 0.15) is 41.5 Å². The van der Waals surface area contributed by atoms with E-state index >= 15 is 0 Å². The van der Waals surface area contributed by atoms with E-state index < -0.39 is 0 Å². The number of nitrogens with one attached hydrogen (secondary N) is 2. The second-order valence-corrected chi connectivity index (χ2v) is 5.74. The Morgan fingerprint density at radius 2 is 2.15 bits per heavy atom. The SMILES string of the molecule is Cc1cccc(NC(=O)c2n[nH]c(C(C)C)c2N)c1Br. The van der Waals surface area contributed by atoms with Gasteiger partial charge in [-0.05, 0) is 40.4 Å². The van der Waals surface area contributed by atoms with Crippen LogP contribution in [0.3, 0.4) is 0 Å². The van der Waals surface area contributed by atoms with Crippen LogP contribution < -0.4 is 11.1 Å². The van der Waals surface area contributed by atoms with Crippen molar-refractivity contribution in [2.24, 2.45) is 0 Å². The second-order valence-electron chi connectivity index (χ2n) is 4.94. The minimum Gasteiger partial charge on any atom is -0.395 e. The van der Waals surface area contributed by atoms with Crippen molar-refractivity contribution in [2.45, 2.75) is 26.7 Å². The average Bonchev–Trinajstić information content (AvgIpc) is 2.77. The number of anilines is 2. The average molecular weight is 337 g/mol. The predicted molar refractivity (Wildman–Crippen MR) is 83.9 cm³/mol. The zero-order valence-corrected chi connectivity index (χ0v) is 13.2. The van der Waals surface area contributed by atoms with E-state index in [2.05, 4.69) is 31.4 Å². The maximum absolute atomic E-state index is 12.2. The molecule has 0 aliphatic rings. The number of aryl methyl sites for hydroxylation is 1. The highest BCUT2D eigenvalue weighted by Crippen LogP contribution is 2.27. The zero-order valence-electron chi connectivity index (χ0n) is 11.6. The maximum Gasteiger partial charge on any atom is 0.278 e. The number of carbonyl (C=O) groups is 1. The van der Waals surface area contributed by atoms with Crippen LogP contribution in [0.15, 0.2) is 22.7 Å². The Morgan fingerprint density at radius 3 is 2.75 bits per heavy atom. The maximum atomic E-state index is 12.2. The molecule has 0 fully saturated rings. The molecule has 2 aromatic rings. The van der Waals surface area contributed by atoms with Crippen LogP contribution in [-0.2, 0) is 0 Å². The van der Waals surface area contributed by atoms with Crippen LogP contribution in [0.2, 0.25) is 0 Å². The van der Waals surface area contributed by atoms with Gasteiger partial charge in [0.2, 0.25) is 0 Å². The van der Waals surface area contributed by atoms with Crippen LogP contribution in [0, 0.1) is 6.92 Å². The van der Waals surface area contributed by atoms with Crippen molar-refractivity contribution in [3.8, 4) is 0 Å². The van der Waals surface area contributed by atoms with Gasteiger partial charge < -0.3 is 11.1 Å². The fourth-order valence-corrected chi connectivity index (χ4v) is 2.27. The number of H-pyrrole nitrogens is 1. The van der Waals surface area contributed by atoms with Crippen LogP contribution >= 0.6 is 15.9 Å². The first-order valence-corrected chi connectivity index (χ1v) is 7.11. The summed E-state index contributed by atoms with van der Waals surface area (Å²) in [4.78, 5) is 12.2. The van der Waals surface area contributed by atoms with Gasteiger partial charge in [-0.1, -0.05) is 26.0 Å². The van der Waals surface area contributed by atoms with Gasteiger partial charge in [0.1, 0.15) is 0 Å². The van der Waals surface area contributed by atoms with Gasteiger partial charge in [0.25, 0.3) is 5.91 Å². The summed E-state index contributed by atoms with van der Waals surface area (Å²) in [6.45, 7) is 5.94. The molecular weight excluding hydrogens is 320 g/mol. The molecule has 5 nitrogen and oxygen atoms in total.